The standard InChI is InChI=1S/C19H26N4OS/c1-4-21-18(24)16-8-5-7-15(11-16)13-23-19(20-3)22-12-14(2)17-9-6-10-25-17/h5-11,14H,4,12-13H2,1-3H3,(H,21,24)(H2,20,22,23). The summed E-state index contributed by atoms with van der Waals surface area (Å²) in [6.07, 6.45) is 0. The van der Waals surface area contributed by atoms with Crippen LogP contribution in [0.3, 0.4) is 0 Å². The summed E-state index contributed by atoms with van der Waals surface area (Å²) in [6.45, 7) is 6.16. The number of aliphatic imine (C=N–C) groups is 1. The van der Waals surface area contributed by atoms with Crippen molar-refractivity contribution in [3.05, 3.63) is 57.8 Å². The molecule has 0 saturated carbocycles. The van der Waals surface area contributed by atoms with Crippen LogP contribution in [0.1, 0.15) is 40.6 Å². The molecule has 0 fully saturated rings. The van der Waals surface area contributed by atoms with Gasteiger partial charge in [-0.25, -0.2) is 0 Å². The van der Waals surface area contributed by atoms with E-state index in [-0.39, 0.29) is 5.91 Å². The second-order valence-electron chi connectivity index (χ2n) is 5.78. The molecule has 2 aromatic rings. The quantitative estimate of drug-likeness (QED) is 0.527. The van der Waals surface area contributed by atoms with Crippen LogP contribution in [-0.4, -0.2) is 32.0 Å². The maximum atomic E-state index is 11.9. The lowest BCUT2D eigenvalue weighted by atomic mass is 10.1. The Hall–Kier alpha value is -2.34. The maximum Gasteiger partial charge on any atom is 0.251 e. The lowest BCUT2D eigenvalue weighted by Gasteiger charge is -2.15. The largest absolute Gasteiger partial charge is 0.356 e. The predicted molar refractivity (Wildman–Crippen MR) is 105 cm³/mol. The first-order valence-corrected chi connectivity index (χ1v) is 9.37. The van der Waals surface area contributed by atoms with Crippen LogP contribution in [0.4, 0.5) is 0 Å². The first kappa shape index (κ1) is 19.0. The van der Waals surface area contributed by atoms with Gasteiger partial charge in [-0.15, -0.1) is 11.3 Å². The average molecular weight is 359 g/mol. The molecule has 0 aliphatic heterocycles. The number of hydrogen-bond donors (Lipinski definition) is 3. The Kier molecular flexibility index (Phi) is 7.47. The molecule has 5 nitrogen and oxygen atoms in total. The van der Waals surface area contributed by atoms with E-state index in [1.54, 1.807) is 18.4 Å². The van der Waals surface area contributed by atoms with E-state index < -0.39 is 0 Å². The van der Waals surface area contributed by atoms with Crippen LogP contribution in [0, 0.1) is 0 Å². The van der Waals surface area contributed by atoms with Crippen LogP contribution in [0.5, 0.6) is 0 Å². The first-order valence-electron chi connectivity index (χ1n) is 8.49. The van der Waals surface area contributed by atoms with E-state index in [0.29, 0.717) is 24.6 Å². The van der Waals surface area contributed by atoms with Gasteiger partial charge in [0.15, 0.2) is 5.96 Å². The summed E-state index contributed by atoms with van der Waals surface area (Å²) in [6, 6.07) is 11.9. The van der Waals surface area contributed by atoms with Crippen molar-refractivity contribution in [2.75, 3.05) is 20.1 Å². The number of nitrogens with zero attached hydrogens (tertiary/aromatic N) is 1. The number of nitrogens with one attached hydrogen (secondary N) is 3. The van der Waals surface area contributed by atoms with Crippen molar-refractivity contribution in [2.24, 2.45) is 4.99 Å². The zero-order valence-electron chi connectivity index (χ0n) is 15.0. The van der Waals surface area contributed by atoms with Crippen LogP contribution in [0.2, 0.25) is 0 Å². The number of hydrogen-bond acceptors (Lipinski definition) is 3. The van der Waals surface area contributed by atoms with Gasteiger partial charge in [0.2, 0.25) is 0 Å². The molecule has 134 valence electrons. The molecule has 2 rings (SSSR count). The van der Waals surface area contributed by atoms with Crippen LogP contribution in [0.15, 0.2) is 46.8 Å². The topological polar surface area (TPSA) is 65.5 Å². The molecule has 1 atom stereocenters. The Morgan fingerprint density at radius 3 is 2.72 bits per heavy atom. The van der Waals surface area contributed by atoms with Crippen molar-refractivity contribution in [1.82, 2.24) is 16.0 Å². The molecule has 1 amide bonds. The van der Waals surface area contributed by atoms with Crippen molar-refractivity contribution >= 4 is 23.2 Å². The molecule has 6 heteroatoms. The minimum atomic E-state index is -0.0448. The lowest BCUT2D eigenvalue weighted by molar-refractivity contribution is 0.0955. The minimum absolute atomic E-state index is 0.0448. The average Bonchev–Trinajstić information content (AvgIpc) is 3.17. The van der Waals surface area contributed by atoms with Crippen LogP contribution < -0.4 is 16.0 Å². The molecule has 0 bridgehead atoms. The van der Waals surface area contributed by atoms with Gasteiger partial charge in [0.1, 0.15) is 0 Å². The second-order valence-corrected chi connectivity index (χ2v) is 6.76. The van der Waals surface area contributed by atoms with Crippen molar-refractivity contribution < 1.29 is 4.79 Å². The Morgan fingerprint density at radius 1 is 1.20 bits per heavy atom. The molecule has 0 aliphatic carbocycles. The van der Waals surface area contributed by atoms with Crippen molar-refractivity contribution in [1.29, 1.82) is 0 Å². The van der Waals surface area contributed by atoms with Gasteiger partial charge < -0.3 is 16.0 Å². The smallest absolute Gasteiger partial charge is 0.251 e. The number of thiophene rings is 1. The fourth-order valence-corrected chi connectivity index (χ4v) is 3.20. The molecular formula is C19H26N4OS. The molecule has 1 heterocycles. The number of benzene rings is 1. The van der Waals surface area contributed by atoms with Gasteiger partial charge in [-0.1, -0.05) is 25.1 Å². The van der Waals surface area contributed by atoms with E-state index in [9.17, 15) is 4.79 Å². The van der Waals surface area contributed by atoms with Gasteiger partial charge in [-0.2, -0.15) is 0 Å². The summed E-state index contributed by atoms with van der Waals surface area (Å²) >= 11 is 1.77. The van der Waals surface area contributed by atoms with Gasteiger partial charge in [0, 0.05) is 43.0 Å². The van der Waals surface area contributed by atoms with Crippen LogP contribution in [0.25, 0.3) is 0 Å². The first-order chi connectivity index (χ1) is 12.1. The fourth-order valence-electron chi connectivity index (χ4n) is 2.41. The zero-order valence-corrected chi connectivity index (χ0v) is 15.8. The van der Waals surface area contributed by atoms with E-state index in [4.69, 9.17) is 0 Å². The highest BCUT2D eigenvalue weighted by Crippen LogP contribution is 2.19. The van der Waals surface area contributed by atoms with E-state index in [2.05, 4.69) is 45.4 Å². The third-order valence-corrected chi connectivity index (χ3v) is 4.92. The van der Waals surface area contributed by atoms with Gasteiger partial charge in [-0.05, 0) is 36.1 Å². The maximum absolute atomic E-state index is 11.9. The third-order valence-electron chi connectivity index (χ3n) is 3.81. The summed E-state index contributed by atoms with van der Waals surface area (Å²) in [5, 5.41) is 11.6. The number of rotatable bonds is 7. The molecule has 3 N–H and O–H groups in total. The molecule has 0 spiro atoms. The van der Waals surface area contributed by atoms with E-state index in [1.807, 2.05) is 31.2 Å². The van der Waals surface area contributed by atoms with E-state index in [0.717, 1.165) is 18.1 Å². The summed E-state index contributed by atoms with van der Waals surface area (Å²) in [5.74, 6) is 1.14. The number of amides is 1. The van der Waals surface area contributed by atoms with E-state index in [1.165, 1.54) is 4.88 Å². The molecule has 0 saturated heterocycles. The Labute approximate surface area is 153 Å². The number of carbonyl (C=O) groups excluding carboxylic acids is 1. The van der Waals surface area contributed by atoms with Crippen molar-refractivity contribution in [3.8, 4) is 0 Å². The SMILES string of the molecule is CCNC(=O)c1cccc(CNC(=NC)NCC(C)c2cccs2)c1. The Bertz CT molecular complexity index is 697. The van der Waals surface area contributed by atoms with Gasteiger partial charge in [0.05, 0.1) is 0 Å². The third kappa shape index (κ3) is 5.90. The minimum Gasteiger partial charge on any atom is -0.356 e. The molecule has 1 aromatic heterocycles. The normalized spacial score (nSPS) is 12.5. The summed E-state index contributed by atoms with van der Waals surface area (Å²) in [7, 11) is 1.76. The monoisotopic (exact) mass is 358 g/mol. The fraction of sp³-hybridized carbons (Fsp3) is 0.368. The van der Waals surface area contributed by atoms with Crippen LogP contribution >= 0.6 is 11.3 Å². The summed E-state index contributed by atoms with van der Waals surface area (Å²) in [4.78, 5) is 17.5. The highest BCUT2D eigenvalue weighted by molar-refractivity contribution is 7.10. The highest BCUT2D eigenvalue weighted by Gasteiger charge is 2.08. The highest BCUT2D eigenvalue weighted by atomic mass is 32.1. The van der Waals surface area contributed by atoms with Gasteiger partial charge in [-0.3, -0.25) is 9.79 Å². The predicted octanol–water partition coefficient (Wildman–Crippen LogP) is 2.97. The zero-order chi connectivity index (χ0) is 18.1. The summed E-state index contributed by atoms with van der Waals surface area (Å²) in [5.41, 5.74) is 1.72. The number of guanidine groups is 1. The summed E-state index contributed by atoms with van der Waals surface area (Å²) < 4.78 is 0. The van der Waals surface area contributed by atoms with Crippen molar-refractivity contribution in [3.63, 3.8) is 0 Å². The molecule has 25 heavy (non-hydrogen) atoms. The number of carbonyl (C=O) groups is 1. The van der Waals surface area contributed by atoms with Gasteiger partial charge >= 0.3 is 0 Å². The van der Waals surface area contributed by atoms with Crippen LogP contribution in [-0.2, 0) is 6.54 Å². The molecule has 0 aliphatic rings. The van der Waals surface area contributed by atoms with Crippen molar-refractivity contribution in [2.45, 2.75) is 26.3 Å². The molecular weight excluding hydrogens is 332 g/mol. The van der Waals surface area contributed by atoms with Gasteiger partial charge in [0.25, 0.3) is 5.91 Å². The Balaban J connectivity index is 1.86. The molecule has 1 aromatic carbocycles. The Morgan fingerprint density at radius 2 is 2.04 bits per heavy atom. The molecule has 0 radical (unpaired) electrons. The second kappa shape index (κ2) is 9.84. The lowest BCUT2D eigenvalue weighted by Crippen LogP contribution is -2.38. The molecule has 1 unspecified atom stereocenters. The van der Waals surface area contributed by atoms with E-state index >= 15 is 0 Å².